The molecule has 2 amide bonds. The van der Waals surface area contributed by atoms with Crippen molar-refractivity contribution in [1.82, 2.24) is 10.2 Å². The molecular weight excluding hydrogens is 554 g/mol. The Morgan fingerprint density at radius 2 is 1.62 bits per heavy atom. The molecular formula is C28H28Cl4N2O3. The molecule has 0 saturated carbocycles. The van der Waals surface area contributed by atoms with E-state index in [0.717, 1.165) is 17.5 Å². The van der Waals surface area contributed by atoms with Gasteiger partial charge in [0.25, 0.3) is 5.91 Å². The summed E-state index contributed by atoms with van der Waals surface area (Å²) < 4.78 is 5.74. The molecule has 1 N–H and O–H groups in total. The van der Waals surface area contributed by atoms with Crippen molar-refractivity contribution < 1.29 is 14.3 Å². The van der Waals surface area contributed by atoms with Gasteiger partial charge in [-0.15, -0.1) is 0 Å². The van der Waals surface area contributed by atoms with Crippen molar-refractivity contribution in [2.24, 2.45) is 0 Å². The summed E-state index contributed by atoms with van der Waals surface area (Å²) in [6.07, 6.45) is 1.07. The molecule has 0 aliphatic rings. The van der Waals surface area contributed by atoms with Crippen LogP contribution in [-0.4, -0.2) is 35.4 Å². The van der Waals surface area contributed by atoms with Gasteiger partial charge in [0.1, 0.15) is 11.8 Å². The second kappa shape index (κ2) is 13.9. The first-order valence-corrected chi connectivity index (χ1v) is 13.3. The van der Waals surface area contributed by atoms with Gasteiger partial charge in [0.15, 0.2) is 6.61 Å². The molecule has 0 unspecified atom stereocenters. The van der Waals surface area contributed by atoms with E-state index in [2.05, 4.69) is 5.32 Å². The first kappa shape index (κ1) is 29.1. The van der Waals surface area contributed by atoms with Gasteiger partial charge in [-0.05, 0) is 54.8 Å². The van der Waals surface area contributed by atoms with Crippen molar-refractivity contribution in [3.63, 3.8) is 0 Å². The van der Waals surface area contributed by atoms with Gasteiger partial charge in [0, 0.05) is 24.0 Å². The molecule has 0 heterocycles. The predicted octanol–water partition coefficient (Wildman–Crippen LogP) is 7.23. The molecule has 0 aliphatic carbocycles. The van der Waals surface area contributed by atoms with E-state index in [1.807, 2.05) is 44.2 Å². The normalized spacial score (nSPS) is 12.5. The summed E-state index contributed by atoms with van der Waals surface area (Å²) in [6, 6.07) is 18.6. The van der Waals surface area contributed by atoms with Gasteiger partial charge >= 0.3 is 0 Å². The van der Waals surface area contributed by atoms with Gasteiger partial charge in [-0.3, -0.25) is 9.59 Å². The van der Waals surface area contributed by atoms with Crippen LogP contribution in [0, 0.1) is 0 Å². The lowest BCUT2D eigenvalue weighted by atomic mass is 10.0. The molecule has 0 radical (unpaired) electrons. The van der Waals surface area contributed by atoms with E-state index in [-0.39, 0.29) is 30.1 Å². The molecule has 196 valence electrons. The summed E-state index contributed by atoms with van der Waals surface area (Å²) in [7, 11) is 0. The summed E-state index contributed by atoms with van der Waals surface area (Å²) in [5.41, 5.74) is 1.64. The number of nitrogens with one attached hydrogen (secondary N) is 1. The predicted molar refractivity (Wildman–Crippen MR) is 151 cm³/mol. The number of nitrogens with zero attached hydrogens (tertiary/aromatic N) is 1. The van der Waals surface area contributed by atoms with Crippen molar-refractivity contribution in [3.8, 4) is 5.75 Å². The topological polar surface area (TPSA) is 58.6 Å². The van der Waals surface area contributed by atoms with Crippen LogP contribution >= 0.6 is 46.4 Å². The quantitative estimate of drug-likeness (QED) is 0.260. The second-order valence-corrected chi connectivity index (χ2v) is 10.3. The van der Waals surface area contributed by atoms with Crippen molar-refractivity contribution in [2.45, 2.75) is 45.3 Å². The fourth-order valence-electron chi connectivity index (χ4n) is 3.64. The Morgan fingerprint density at radius 1 is 0.892 bits per heavy atom. The molecule has 0 bridgehead atoms. The Bertz CT molecular complexity index is 1220. The van der Waals surface area contributed by atoms with Crippen molar-refractivity contribution in [3.05, 3.63) is 97.9 Å². The number of halogens is 4. The lowest BCUT2D eigenvalue weighted by Gasteiger charge is -2.32. The van der Waals surface area contributed by atoms with Gasteiger partial charge in [0.05, 0.1) is 15.1 Å². The average Bonchev–Trinajstić information content (AvgIpc) is 2.88. The van der Waals surface area contributed by atoms with Gasteiger partial charge in [-0.1, -0.05) is 89.7 Å². The van der Waals surface area contributed by atoms with Gasteiger partial charge < -0.3 is 15.0 Å². The van der Waals surface area contributed by atoms with Crippen molar-refractivity contribution in [1.29, 1.82) is 0 Å². The number of hydrogen-bond acceptors (Lipinski definition) is 3. The number of rotatable bonds is 11. The molecule has 9 heteroatoms. The largest absolute Gasteiger partial charge is 0.482 e. The zero-order chi connectivity index (χ0) is 26.9. The average molecular weight is 582 g/mol. The van der Waals surface area contributed by atoms with E-state index in [1.54, 1.807) is 30.3 Å². The van der Waals surface area contributed by atoms with Crippen LogP contribution in [0.15, 0.2) is 66.7 Å². The second-order valence-electron chi connectivity index (χ2n) is 8.66. The Balaban J connectivity index is 1.94. The molecule has 0 aliphatic heterocycles. The third kappa shape index (κ3) is 8.54. The maximum absolute atomic E-state index is 13.6. The first-order valence-electron chi connectivity index (χ1n) is 11.8. The van der Waals surface area contributed by atoms with Crippen LogP contribution in [0.2, 0.25) is 20.1 Å². The van der Waals surface area contributed by atoms with E-state index < -0.39 is 11.9 Å². The third-order valence-corrected chi connectivity index (χ3v) is 7.12. The Morgan fingerprint density at radius 3 is 2.27 bits per heavy atom. The molecule has 0 fully saturated rings. The summed E-state index contributed by atoms with van der Waals surface area (Å²) in [5.74, 6) is -0.328. The minimum atomic E-state index is -0.803. The van der Waals surface area contributed by atoms with Crippen LogP contribution in [0.5, 0.6) is 5.75 Å². The number of ether oxygens (including phenoxy) is 1. The lowest BCUT2D eigenvalue weighted by molar-refractivity contribution is -0.143. The van der Waals surface area contributed by atoms with Crippen LogP contribution in [-0.2, 0) is 22.6 Å². The van der Waals surface area contributed by atoms with E-state index >= 15 is 0 Å². The van der Waals surface area contributed by atoms with E-state index in [4.69, 9.17) is 51.1 Å². The monoisotopic (exact) mass is 580 g/mol. The van der Waals surface area contributed by atoms with Crippen LogP contribution in [0.25, 0.3) is 0 Å². The van der Waals surface area contributed by atoms with Gasteiger partial charge in [-0.2, -0.15) is 0 Å². The Labute approximate surface area is 237 Å². The zero-order valence-corrected chi connectivity index (χ0v) is 23.5. The number of hydrogen-bond donors (Lipinski definition) is 1. The summed E-state index contributed by atoms with van der Waals surface area (Å²) in [6.45, 7) is 3.71. The van der Waals surface area contributed by atoms with Gasteiger partial charge in [0.2, 0.25) is 5.91 Å². The highest BCUT2D eigenvalue weighted by molar-refractivity contribution is 6.42. The zero-order valence-electron chi connectivity index (χ0n) is 20.5. The standard InChI is InChI=1S/C28H28Cl4N2O3/c1-3-18(2)33-28(36)25(14-19-7-5-4-6-8-19)34(16-20-9-11-22(30)23(31)13-20)27(35)17-37-26-12-10-21(29)15-24(26)32/h4-13,15,18,25H,3,14,16-17H2,1-2H3,(H,33,36)/t18-,25-/m1/s1. The Hall–Kier alpha value is -2.44. The number of carbonyl (C=O) groups excluding carboxylic acids is 2. The highest BCUT2D eigenvalue weighted by Crippen LogP contribution is 2.28. The van der Waals surface area contributed by atoms with Crippen LogP contribution in [0.3, 0.4) is 0 Å². The van der Waals surface area contributed by atoms with Crippen molar-refractivity contribution >= 4 is 58.2 Å². The van der Waals surface area contributed by atoms with Crippen LogP contribution in [0.1, 0.15) is 31.4 Å². The molecule has 0 aromatic heterocycles. The fourth-order valence-corrected chi connectivity index (χ4v) is 4.43. The minimum absolute atomic E-state index is 0.0585. The fraction of sp³-hybridized carbons (Fsp3) is 0.286. The highest BCUT2D eigenvalue weighted by Gasteiger charge is 2.31. The summed E-state index contributed by atoms with van der Waals surface area (Å²) in [4.78, 5) is 28.7. The number of amides is 2. The SMILES string of the molecule is CC[C@@H](C)NC(=O)[C@@H](Cc1ccccc1)N(Cc1ccc(Cl)c(Cl)c1)C(=O)COc1ccc(Cl)cc1Cl. The molecule has 2 atom stereocenters. The van der Waals surface area contributed by atoms with E-state index in [0.29, 0.717) is 27.2 Å². The maximum atomic E-state index is 13.6. The molecule has 0 saturated heterocycles. The van der Waals surface area contributed by atoms with E-state index in [1.165, 1.54) is 11.0 Å². The van der Waals surface area contributed by atoms with Gasteiger partial charge in [-0.25, -0.2) is 0 Å². The summed E-state index contributed by atoms with van der Waals surface area (Å²) in [5, 5.41) is 4.52. The van der Waals surface area contributed by atoms with Crippen LogP contribution in [0.4, 0.5) is 0 Å². The molecule has 3 rings (SSSR count). The van der Waals surface area contributed by atoms with Crippen molar-refractivity contribution in [2.75, 3.05) is 6.61 Å². The van der Waals surface area contributed by atoms with Crippen LogP contribution < -0.4 is 10.1 Å². The molecule has 3 aromatic rings. The summed E-state index contributed by atoms with van der Waals surface area (Å²) >= 11 is 24.5. The first-order chi connectivity index (χ1) is 17.7. The smallest absolute Gasteiger partial charge is 0.261 e. The number of benzene rings is 3. The highest BCUT2D eigenvalue weighted by atomic mass is 35.5. The Kier molecular flexibility index (Phi) is 11.0. The molecule has 5 nitrogen and oxygen atoms in total. The lowest BCUT2D eigenvalue weighted by Crippen LogP contribution is -2.53. The maximum Gasteiger partial charge on any atom is 0.261 e. The molecule has 0 spiro atoms. The minimum Gasteiger partial charge on any atom is -0.482 e. The third-order valence-electron chi connectivity index (χ3n) is 5.85. The molecule has 37 heavy (non-hydrogen) atoms. The van der Waals surface area contributed by atoms with E-state index in [9.17, 15) is 9.59 Å². The number of carbonyl (C=O) groups is 2. The molecule has 3 aromatic carbocycles.